The smallest absolute Gasteiger partial charge is 0.340 e. The lowest BCUT2D eigenvalue weighted by molar-refractivity contribution is -0.136. The van der Waals surface area contributed by atoms with Gasteiger partial charge in [-0.2, -0.15) is 15.1 Å². The lowest BCUT2D eigenvalue weighted by Gasteiger charge is -2.21. The molecule has 7 rings (SSSR count). The topological polar surface area (TPSA) is 349 Å². The molecule has 4 heterocycles. The third-order valence-corrected chi connectivity index (χ3v) is 15.9. The summed E-state index contributed by atoms with van der Waals surface area (Å²) in [5, 5.41) is 38.2. The number of fused-ring (bicyclic) bond motifs is 1. The highest BCUT2D eigenvalue weighted by atomic mass is 35.5. The number of anilines is 1. The first-order valence-corrected chi connectivity index (χ1v) is 30.1. The highest BCUT2D eigenvalue weighted by Crippen LogP contribution is 2.63. The number of hydrogen-bond donors (Lipinski definition) is 6. The van der Waals surface area contributed by atoms with Crippen LogP contribution in [0.3, 0.4) is 0 Å². The lowest BCUT2D eigenvalue weighted by atomic mass is 10.0. The molecule has 5 aromatic rings. The summed E-state index contributed by atoms with van der Waals surface area (Å²) in [6, 6.07) is 10.0. The zero-order valence-corrected chi connectivity index (χ0v) is 47.3. The molecule has 1 aliphatic heterocycles. The van der Waals surface area contributed by atoms with Crippen molar-refractivity contribution in [2.75, 3.05) is 124 Å². The van der Waals surface area contributed by atoms with Crippen LogP contribution in [0.1, 0.15) is 42.8 Å². The monoisotopic (exact) mass is 1240 g/mol. The second kappa shape index (κ2) is 32.7. The van der Waals surface area contributed by atoms with Gasteiger partial charge >= 0.3 is 21.2 Å². The highest BCUT2D eigenvalue weighted by Gasteiger charge is 2.71. The van der Waals surface area contributed by atoms with Crippen LogP contribution in [0.5, 0.6) is 5.75 Å². The molecule has 0 radical (unpaired) electrons. The third kappa shape index (κ3) is 21.0. The normalized spacial score (nSPS) is 19.9. The Morgan fingerprint density at radius 2 is 1.35 bits per heavy atom. The summed E-state index contributed by atoms with van der Waals surface area (Å²) in [6.07, 6.45) is -2.57. The van der Waals surface area contributed by atoms with Crippen molar-refractivity contribution in [1.29, 1.82) is 0 Å². The Morgan fingerprint density at radius 1 is 0.783 bits per heavy atom. The van der Waals surface area contributed by atoms with Crippen molar-refractivity contribution in [3.8, 4) is 5.75 Å². The molecule has 1 saturated carbocycles. The first-order chi connectivity index (χ1) is 39.9. The molecule has 0 bridgehead atoms. The van der Waals surface area contributed by atoms with E-state index < -0.39 is 80.4 Å². The van der Waals surface area contributed by atoms with Crippen LogP contribution >= 0.6 is 26.8 Å². The van der Waals surface area contributed by atoms with Gasteiger partial charge in [0.25, 0.3) is 0 Å². The van der Waals surface area contributed by atoms with Crippen molar-refractivity contribution in [3.05, 3.63) is 88.9 Å². The molecule has 34 heteroatoms. The van der Waals surface area contributed by atoms with E-state index in [9.17, 15) is 52.0 Å². The van der Waals surface area contributed by atoms with Gasteiger partial charge in [-0.25, -0.2) is 22.5 Å². The number of aliphatic hydroxyl groups excluding tert-OH is 2. The molecule has 1 saturated heterocycles. The maximum atomic E-state index is 13.6. The first kappa shape index (κ1) is 65.8. The first-order valence-electron chi connectivity index (χ1n) is 26.2. The number of halogens is 4. The molecule has 3 unspecified atom stereocenters. The van der Waals surface area contributed by atoms with Gasteiger partial charge in [0.1, 0.15) is 41.2 Å². The predicted octanol–water partition coefficient (Wildman–Crippen LogP) is 3.48. The average Bonchev–Trinajstić information content (AvgIpc) is 1.65. The summed E-state index contributed by atoms with van der Waals surface area (Å²) in [6.45, 7) is 5.98. The average molecular weight is 1240 g/mol. The van der Waals surface area contributed by atoms with Crippen molar-refractivity contribution in [2.24, 2.45) is 0 Å². The summed E-state index contributed by atoms with van der Waals surface area (Å²) in [5.74, 6) is -6.78. The molecule has 7 atom stereocenters. The molecule has 1 spiro atoms. The number of nitrogens with one attached hydrogen (secondary N) is 1. The van der Waals surface area contributed by atoms with Gasteiger partial charge in [0, 0.05) is 25.2 Å². The fourth-order valence-electron chi connectivity index (χ4n) is 8.27. The summed E-state index contributed by atoms with van der Waals surface area (Å²) >= 11 is 6.40. The third-order valence-electron chi connectivity index (χ3n) is 12.3. The van der Waals surface area contributed by atoms with Crippen molar-refractivity contribution in [3.63, 3.8) is 0 Å². The Morgan fingerprint density at radius 3 is 1.95 bits per heavy atom. The quantitative estimate of drug-likeness (QED) is 0.0107. The number of carbonyl (C=O) groups is 1. The Kier molecular flexibility index (Phi) is 25.9. The number of esters is 1. The second-order valence-corrected chi connectivity index (χ2v) is 22.8. The van der Waals surface area contributed by atoms with Crippen molar-refractivity contribution >= 4 is 49.6 Å². The van der Waals surface area contributed by atoms with E-state index in [0.717, 1.165) is 5.56 Å². The molecular weight excluding hydrogens is 1170 g/mol. The van der Waals surface area contributed by atoms with E-state index in [2.05, 4.69) is 35.4 Å². The summed E-state index contributed by atoms with van der Waals surface area (Å²) in [4.78, 5) is 48.9. The summed E-state index contributed by atoms with van der Waals surface area (Å²) in [5.41, 5.74) is 0.0531. The Balaban J connectivity index is 0.664. The van der Waals surface area contributed by atoms with Crippen LogP contribution in [0.25, 0.3) is 11.0 Å². The van der Waals surface area contributed by atoms with E-state index in [0.29, 0.717) is 134 Å². The van der Waals surface area contributed by atoms with Gasteiger partial charge in [0.15, 0.2) is 29.4 Å². The van der Waals surface area contributed by atoms with Gasteiger partial charge < -0.3 is 86.8 Å². The molecule has 6 N–H and O–H groups in total. The Hall–Kier alpha value is -4.70. The van der Waals surface area contributed by atoms with Crippen LogP contribution in [-0.4, -0.2) is 208 Å². The molecule has 83 heavy (non-hydrogen) atoms. The van der Waals surface area contributed by atoms with Gasteiger partial charge in [0.05, 0.1) is 149 Å². The maximum Gasteiger partial charge on any atom is 0.340 e. The number of rotatable bonds is 41. The minimum absolute atomic E-state index is 0.0635. The number of hydrogen-bond acceptors (Lipinski definition) is 23. The molecule has 460 valence electrons. The van der Waals surface area contributed by atoms with E-state index in [4.69, 9.17) is 63.5 Å². The molecule has 0 amide bonds. The molecule has 2 fully saturated rings. The minimum Gasteiger partial charge on any atom is -0.420 e. The van der Waals surface area contributed by atoms with Crippen LogP contribution in [0, 0.1) is 17.5 Å². The zero-order chi connectivity index (χ0) is 59.2. The van der Waals surface area contributed by atoms with Crippen LogP contribution in [0.4, 0.5) is 19.0 Å². The standard InChI is InChI=1S/C49H66ClF3N8O20P2/c50-48-56-45(36-29-54-61(46(36)57-48)47-42(63)44(64)49(80-47)28-40(49)81-83(68,69)32-82(65,66)67)55-39(33-4-2-1-3-5-33)6-9-70-12-15-73-19-21-76-22-23-77-24-25-78-31-35-30-60(59-58-35)8-11-72-14-17-75-20-18-74-16-13-71-10-7-41(62)79-43-37(52)26-34(51)27-38(43)53/h1-5,26-27,29-30,39-40,42,44,47,63-64H,6-25,28,31-32H2,(H,68,69)(H,55,56,57)(H2,65,66,67)/t39-,40?,42+,44-,47+,49?/m0/s1. The molecule has 3 aromatic heterocycles. The number of aromatic nitrogens is 7. The van der Waals surface area contributed by atoms with E-state index >= 15 is 0 Å². The SMILES string of the molecule is O=C(CCOCCOCCOCCOCCn1cc(COCCOCCOCCOCCOCC[C@H](Nc2nc(Cl)nc3c2cnn3[C@@H]2OC3(CC3OP(=O)(O)CP(=O)(O)O)[C@@H](O)[C@H]2O)c2ccccc2)nn1)Oc1c(F)cc(F)cc1F. The van der Waals surface area contributed by atoms with Gasteiger partial charge in [-0.15, -0.1) is 5.10 Å². The largest absolute Gasteiger partial charge is 0.420 e. The summed E-state index contributed by atoms with van der Waals surface area (Å²) in [7, 11) is -9.71. The van der Waals surface area contributed by atoms with Crippen LogP contribution < -0.4 is 10.1 Å². The lowest BCUT2D eigenvalue weighted by Crippen LogP contribution is -2.35. The molecule has 2 aliphatic rings. The number of benzene rings is 2. The fraction of sp³-hybridized carbons (Fsp3) is 0.592. The maximum absolute atomic E-state index is 13.6. The Labute approximate surface area is 478 Å². The van der Waals surface area contributed by atoms with E-state index in [-0.39, 0.29) is 56.2 Å². The van der Waals surface area contributed by atoms with Crippen LogP contribution in [0.15, 0.2) is 54.9 Å². The number of nitrogens with zero attached hydrogens (tertiary/aromatic N) is 7. The van der Waals surface area contributed by atoms with Gasteiger partial charge in [-0.1, -0.05) is 35.5 Å². The fourth-order valence-corrected chi connectivity index (χ4v) is 11.2. The predicted molar refractivity (Wildman–Crippen MR) is 282 cm³/mol. The van der Waals surface area contributed by atoms with Crippen molar-refractivity contribution in [1.82, 2.24) is 34.7 Å². The summed E-state index contributed by atoms with van der Waals surface area (Å²) < 4.78 is 132. The van der Waals surface area contributed by atoms with Gasteiger partial charge in [-0.3, -0.25) is 13.9 Å². The Bertz CT molecular complexity index is 2880. The highest BCUT2D eigenvalue weighted by molar-refractivity contribution is 7.70. The van der Waals surface area contributed by atoms with E-state index in [1.807, 2.05) is 30.3 Å². The van der Waals surface area contributed by atoms with Crippen molar-refractivity contribution < 1.29 is 109 Å². The van der Waals surface area contributed by atoms with Crippen molar-refractivity contribution in [2.45, 2.75) is 68.6 Å². The van der Waals surface area contributed by atoms with Crippen LogP contribution in [0.2, 0.25) is 5.28 Å². The zero-order valence-electron chi connectivity index (χ0n) is 44.7. The van der Waals surface area contributed by atoms with Gasteiger partial charge in [0.2, 0.25) is 11.0 Å². The minimum atomic E-state index is -4.92. The molecule has 2 aromatic carbocycles. The number of ether oxygens (including phenoxy) is 11. The van der Waals surface area contributed by atoms with E-state index in [1.165, 1.54) is 10.9 Å². The van der Waals surface area contributed by atoms with E-state index in [1.54, 1.807) is 10.9 Å². The number of carbonyl (C=O) groups excluding carboxylic acids is 1. The second-order valence-electron chi connectivity index (χ2n) is 18.6. The molecule has 1 aliphatic carbocycles. The van der Waals surface area contributed by atoms with Crippen LogP contribution in [-0.2, 0) is 79.0 Å². The number of aliphatic hydroxyl groups is 2. The molecule has 28 nitrogen and oxygen atoms in total. The van der Waals surface area contributed by atoms with Gasteiger partial charge in [-0.05, 0) is 23.6 Å². The molecular formula is C49H66ClF3N8O20P2.